The van der Waals surface area contributed by atoms with Gasteiger partial charge in [0.05, 0.1) is 19.3 Å². The molecule has 6 nitrogen and oxygen atoms in total. The molecular formula is C24H25F2N3O3. The molecule has 0 aliphatic carbocycles. The predicted molar refractivity (Wildman–Crippen MR) is 117 cm³/mol. The van der Waals surface area contributed by atoms with E-state index in [1.165, 1.54) is 12.7 Å². The third-order valence-corrected chi connectivity index (χ3v) is 5.71. The van der Waals surface area contributed by atoms with Crippen LogP contribution in [0.5, 0.6) is 5.75 Å². The van der Waals surface area contributed by atoms with Crippen LogP contribution in [0, 0.1) is 6.92 Å². The SMILES string of the molecule is COC(=O)CN1CC=C(c2ccc3nc(C)c(Cc4ccccc4OC(F)F)n3c2)CC1. The molecule has 0 spiro atoms. The van der Waals surface area contributed by atoms with Crippen LogP contribution in [0.3, 0.4) is 0 Å². The molecule has 32 heavy (non-hydrogen) atoms. The largest absolute Gasteiger partial charge is 0.468 e. The number of hydrogen-bond donors (Lipinski definition) is 0. The number of alkyl halides is 2. The van der Waals surface area contributed by atoms with Crippen LogP contribution in [-0.4, -0.2) is 53.6 Å². The lowest BCUT2D eigenvalue weighted by atomic mass is 10.0. The van der Waals surface area contributed by atoms with Crippen LogP contribution in [0.25, 0.3) is 11.2 Å². The van der Waals surface area contributed by atoms with Crippen LogP contribution in [0.15, 0.2) is 48.7 Å². The average Bonchev–Trinajstić information content (AvgIpc) is 3.09. The standard InChI is InChI=1S/C24H25F2N3O3/c1-16-20(13-18-5-3-4-6-21(18)32-24(25)26)29-14-19(7-8-22(29)27-16)17-9-11-28(12-10-17)15-23(30)31-2/h3-9,14,24H,10-13,15H2,1-2H3. The number of ether oxygens (including phenoxy) is 2. The minimum absolute atomic E-state index is 0.175. The fourth-order valence-corrected chi connectivity index (χ4v) is 4.02. The first-order valence-corrected chi connectivity index (χ1v) is 10.4. The minimum atomic E-state index is -2.87. The maximum absolute atomic E-state index is 12.8. The number of aromatic nitrogens is 2. The Kier molecular flexibility index (Phi) is 6.50. The molecule has 168 valence electrons. The summed E-state index contributed by atoms with van der Waals surface area (Å²) in [4.78, 5) is 18.2. The third kappa shape index (κ3) is 4.80. The lowest BCUT2D eigenvalue weighted by Crippen LogP contribution is -2.34. The summed E-state index contributed by atoms with van der Waals surface area (Å²) in [7, 11) is 1.39. The second-order valence-electron chi connectivity index (χ2n) is 7.74. The lowest BCUT2D eigenvalue weighted by Gasteiger charge is -2.25. The van der Waals surface area contributed by atoms with E-state index in [1.54, 1.807) is 18.2 Å². The fraction of sp³-hybridized carbons (Fsp3) is 0.333. The van der Waals surface area contributed by atoms with Crippen molar-refractivity contribution in [2.24, 2.45) is 0 Å². The van der Waals surface area contributed by atoms with Crippen LogP contribution in [0.4, 0.5) is 8.78 Å². The first-order valence-electron chi connectivity index (χ1n) is 10.4. The summed E-state index contributed by atoms with van der Waals surface area (Å²) in [6.07, 6.45) is 5.41. The maximum Gasteiger partial charge on any atom is 0.387 e. The molecule has 0 bridgehead atoms. The van der Waals surface area contributed by atoms with E-state index >= 15 is 0 Å². The molecule has 3 heterocycles. The second kappa shape index (κ2) is 9.48. The van der Waals surface area contributed by atoms with Gasteiger partial charge < -0.3 is 13.9 Å². The lowest BCUT2D eigenvalue weighted by molar-refractivity contribution is -0.141. The zero-order valence-corrected chi connectivity index (χ0v) is 18.1. The quantitative estimate of drug-likeness (QED) is 0.517. The Bertz CT molecular complexity index is 1160. The molecule has 0 amide bonds. The molecule has 0 radical (unpaired) electrons. The molecule has 0 atom stereocenters. The first kappa shape index (κ1) is 22.0. The number of esters is 1. The van der Waals surface area contributed by atoms with Crippen molar-refractivity contribution in [1.29, 1.82) is 0 Å². The summed E-state index contributed by atoms with van der Waals surface area (Å²) in [6, 6.07) is 10.8. The Morgan fingerprint density at radius 2 is 2.03 bits per heavy atom. The summed E-state index contributed by atoms with van der Waals surface area (Å²) < 4.78 is 37.1. The fourth-order valence-electron chi connectivity index (χ4n) is 4.02. The number of carbonyl (C=O) groups is 1. The van der Waals surface area contributed by atoms with Gasteiger partial charge in [-0.25, -0.2) is 4.98 Å². The molecule has 0 unspecified atom stereocenters. The zero-order valence-electron chi connectivity index (χ0n) is 18.1. The Morgan fingerprint density at radius 1 is 1.22 bits per heavy atom. The van der Waals surface area contributed by atoms with Gasteiger partial charge in [0.1, 0.15) is 11.4 Å². The van der Waals surface area contributed by atoms with Crippen molar-refractivity contribution in [2.75, 3.05) is 26.7 Å². The number of rotatable bonds is 7. The van der Waals surface area contributed by atoms with E-state index in [0.29, 0.717) is 18.5 Å². The first-order chi connectivity index (χ1) is 15.4. The van der Waals surface area contributed by atoms with E-state index in [1.807, 2.05) is 40.6 Å². The number of para-hydroxylation sites is 1. The second-order valence-corrected chi connectivity index (χ2v) is 7.74. The number of pyridine rings is 1. The summed E-state index contributed by atoms with van der Waals surface area (Å²) in [6.45, 7) is 0.778. The van der Waals surface area contributed by atoms with Crippen molar-refractivity contribution >= 4 is 17.2 Å². The van der Waals surface area contributed by atoms with E-state index in [2.05, 4.69) is 11.1 Å². The van der Waals surface area contributed by atoms with Gasteiger partial charge in [0.15, 0.2) is 0 Å². The highest BCUT2D eigenvalue weighted by atomic mass is 19.3. The summed E-state index contributed by atoms with van der Waals surface area (Å²) in [5.41, 5.74) is 5.53. The highest BCUT2D eigenvalue weighted by molar-refractivity contribution is 5.72. The Balaban J connectivity index is 1.61. The van der Waals surface area contributed by atoms with Gasteiger partial charge in [-0.05, 0) is 42.7 Å². The van der Waals surface area contributed by atoms with Gasteiger partial charge >= 0.3 is 12.6 Å². The maximum atomic E-state index is 12.8. The topological polar surface area (TPSA) is 56.1 Å². The van der Waals surface area contributed by atoms with Crippen molar-refractivity contribution in [2.45, 2.75) is 26.4 Å². The van der Waals surface area contributed by atoms with E-state index in [-0.39, 0.29) is 18.3 Å². The van der Waals surface area contributed by atoms with Crippen LogP contribution < -0.4 is 4.74 Å². The Morgan fingerprint density at radius 3 is 2.75 bits per heavy atom. The van der Waals surface area contributed by atoms with Gasteiger partial charge in [-0.3, -0.25) is 9.69 Å². The minimum Gasteiger partial charge on any atom is -0.468 e. The van der Waals surface area contributed by atoms with Gasteiger partial charge in [-0.1, -0.05) is 24.3 Å². The Labute approximate surface area is 185 Å². The van der Waals surface area contributed by atoms with E-state index in [0.717, 1.165) is 35.6 Å². The van der Waals surface area contributed by atoms with Crippen molar-refractivity contribution in [1.82, 2.24) is 14.3 Å². The number of hydrogen-bond acceptors (Lipinski definition) is 5. The van der Waals surface area contributed by atoms with Gasteiger partial charge in [0.2, 0.25) is 0 Å². The molecule has 1 aromatic carbocycles. The molecule has 0 N–H and O–H groups in total. The highest BCUT2D eigenvalue weighted by Gasteiger charge is 2.18. The highest BCUT2D eigenvalue weighted by Crippen LogP contribution is 2.27. The molecule has 1 aliphatic heterocycles. The molecule has 3 aromatic rings. The molecule has 0 saturated carbocycles. The number of carbonyl (C=O) groups excluding carboxylic acids is 1. The molecule has 0 fully saturated rings. The molecule has 0 saturated heterocycles. The van der Waals surface area contributed by atoms with Crippen molar-refractivity contribution in [3.05, 3.63) is 71.2 Å². The van der Waals surface area contributed by atoms with Gasteiger partial charge in [0.25, 0.3) is 0 Å². The van der Waals surface area contributed by atoms with Crippen LogP contribution >= 0.6 is 0 Å². The van der Waals surface area contributed by atoms with Crippen molar-refractivity contribution < 1.29 is 23.0 Å². The smallest absolute Gasteiger partial charge is 0.387 e. The molecule has 8 heteroatoms. The average molecular weight is 441 g/mol. The van der Waals surface area contributed by atoms with Crippen LogP contribution in [-0.2, 0) is 16.0 Å². The van der Waals surface area contributed by atoms with E-state index in [4.69, 9.17) is 9.47 Å². The normalized spacial score (nSPS) is 14.6. The zero-order chi connectivity index (χ0) is 22.7. The summed E-state index contributed by atoms with van der Waals surface area (Å²) >= 11 is 0. The monoisotopic (exact) mass is 441 g/mol. The van der Waals surface area contributed by atoms with E-state index < -0.39 is 6.61 Å². The number of benzene rings is 1. The summed E-state index contributed by atoms with van der Waals surface area (Å²) in [5, 5.41) is 0. The van der Waals surface area contributed by atoms with Crippen LogP contribution in [0.2, 0.25) is 0 Å². The van der Waals surface area contributed by atoms with Gasteiger partial charge in [-0.15, -0.1) is 0 Å². The third-order valence-electron chi connectivity index (χ3n) is 5.71. The number of fused-ring (bicyclic) bond motifs is 1. The molecule has 1 aliphatic rings. The number of nitrogens with zero attached hydrogens (tertiary/aromatic N) is 3. The summed E-state index contributed by atoms with van der Waals surface area (Å²) in [5.74, 6) is -0.0633. The number of halogens is 2. The van der Waals surface area contributed by atoms with Crippen LogP contribution in [0.1, 0.15) is 28.9 Å². The molecule has 2 aromatic heterocycles. The number of aryl methyl sites for hydroxylation is 1. The van der Waals surface area contributed by atoms with E-state index in [9.17, 15) is 13.6 Å². The number of methoxy groups -OCH3 is 1. The van der Waals surface area contributed by atoms with Crippen molar-refractivity contribution in [3.63, 3.8) is 0 Å². The van der Waals surface area contributed by atoms with Gasteiger partial charge in [0, 0.05) is 37.0 Å². The van der Waals surface area contributed by atoms with Gasteiger partial charge in [-0.2, -0.15) is 8.78 Å². The Hall–Kier alpha value is -3.26. The van der Waals surface area contributed by atoms with Crippen molar-refractivity contribution in [3.8, 4) is 5.75 Å². The molecule has 4 rings (SSSR count). The molecular weight excluding hydrogens is 416 g/mol. The number of imidazole rings is 1. The predicted octanol–water partition coefficient (Wildman–Crippen LogP) is 4.10.